The highest BCUT2D eigenvalue weighted by Crippen LogP contribution is 2.42. The number of aromatic amines is 1. The molecular weight excluding hydrogens is 318 g/mol. The van der Waals surface area contributed by atoms with Crippen LogP contribution in [0.15, 0.2) is 6.07 Å². The molecule has 3 aliphatic rings. The Morgan fingerprint density at radius 2 is 2.32 bits per heavy atom. The van der Waals surface area contributed by atoms with E-state index in [1.807, 2.05) is 6.07 Å². The molecule has 2 aliphatic heterocycles. The van der Waals surface area contributed by atoms with E-state index in [0.29, 0.717) is 25.1 Å². The summed E-state index contributed by atoms with van der Waals surface area (Å²) in [6.45, 7) is 4.69. The lowest BCUT2D eigenvalue weighted by atomic mass is 9.80. The fourth-order valence-corrected chi connectivity index (χ4v) is 4.90. The van der Waals surface area contributed by atoms with Crippen molar-refractivity contribution in [3.05, 3.63) is 17.5 Å². The van der Waals surface area contributed by atoms with Gasteiger partial charge < -0.3 is 15.4 Å². The standard InChI is InChI=1S/C18H29N5O2/c1-25-10-15-6-14(21-22-15)8-20-17(24)18-11-19-7-13(18)9-23(12-18)16-4-2-3-5-16/h6,13,16,19H,2-5,7-12H2,1H3,(H,20,24)(H,21,22)/t13-,18-/m1/s1. The fraction of sp³-hybridized carbons (Fsp3) is 0.778. The predicted molar refractivity (Wildman–Crippen MR) is 93.8 cm³/mol. The number of likely N-dealkylation sites (tertiary alicyclic amines) is 1. The first kappa shape index (κ1) is 17.0. The molecule has 3 heterocycles. The zero-order valence-corrected chi connectivity index (χ0v) is 15.0. The zero-order chi connectivity index (χ0) is 17.3. The summed E-state index contributed by atoms with van der Waals surface area (Å²) in [6, 6.07) is 2.64. The smallest absolute Gasteiger partial charge is 0.229 e. The third kappa shape index (κ3) is 3.20. The van der Waals surface area contributed by atoms with Gasteiger partial charge in [0.05, 0.1) is 30.0 Å². The number of amides is 1. The summed E-state index contributed by atoms with van der Waals surface area (Å²) in [5.41, 5.74) is 1.52. The van der Waals surface area contributed by atoms with Gasteiger partial charge in [-0.2, -0.15) is 5.10 Å². The summed E-state index contributed by atoms with van der Waals surface area (Å²) in [4.78, 5) is 15.7. The van der Waals surface area contributed by atoms with Gasteiger partial charge in [-0.1, -0.05) is 12.8 Å². The van der Waals surface area contributed by atoms with E-state index in [4.69, 9.17) is 4.74 Å². The molecule has 2 saturated heterocycles. The van der Waals surface area contributed by atoms with Crippen molar-refractivity contribution < 1.29 is 9.53 Å². The number of hydrogen-bond donors (Lipinski definition) is 3. The van der Waals surface area contributed by atoms with Crippen molar-refractivity contribution in [3.8, 4) is 0 Å². The number of carbonyl (C=O) groups excluding carboxylic acids is 1. The molecule has 0 unspecified atom stereocenters. The molecule has 25 heavy (non-hydrogen) atoms. The lowest BCUT2D eigenvalue weighted by Gasteiger charge is -2.29. The van der Waals surface area contributed by atoms with Crippen LogP contribution >= 0.6 is 0 Å². The van der Waals surface area contributed by atoms with E-state index >= 15 is 0 Å². The maximum atomic E-state index is 13.1. The number of nitrogens with zero attached hydrogens (tertiary/aromatic N) is 2. The van der Waals surface area contributed by atoms with E-state index in [1.54, 1.807) is 7.11 Å². The first-order valence-corrected chi connectivity index (χ1v) is 9.46. The van der Waals surface area contributed by atoms with Gasteiger partial charge in [-0.3, -0.25) is 14.8 Å². The molecule has 138 valence electrons. The highest BCUT2D eigenvalue weighted by molar-refractivity contribution is 5.84. The monoisotopic (exact) mass is 347 g/mol. The molecule has 4 rings (SSSR count). The average molecular weight is 347 g/mol. The summed E-state index contributed by atoms with van der Waals surface area (Å²) < 4.78 is 5.08. The van der Waals surface area contributed by atoms with Crippen LogP contribution in [0.3, 0.4) is 0 Å². The highest BCUT2D eigenvalue weighted by Gasteiger charge is 2.55. The molecular formula is C18H29N5O2. The van der Waals surface area contributed by atoms with E-state index in [2.05, 4.69) is 25.7 Å². The van der Waals surface area contributed by atoms with E-state index in [-0.39, 0.29) is 11.3 Å². The lowest BCUT2D eigenvalue weighted by molar-refractivity contribution is -0.131. The van der Waals surface area contributed by atoms with Crippen molar-refractivity contribution in [2.75, 3.05) is 33.3 Å². The van der Waals surface area contributed by atoms with Crippen molar-refractivity contribution in [2.45, 2.75) is 44.9 Å². The molecule has 0 aromatic carbocycles. The molecule has 1 aromatic heterocycles. The zero-order valence-electron chi connectivity index (χ0n) is 15.0. The minimum atomic E-state index is -0.266. The minimum Gasteiger partial charge on any atom is -0.378 e. The van der Waals surface area contributed by atoms with Crippen LogP contribution in [-0.2, 0) is 22.7 Å². The first-order chi connectivity index (χ1) is 12.2. The van der Waals surface area contributed by atoms with Crippen LogP contribution in [0.1, 0.15) is 37.1 Å². The van der Waals surface area contributed by atoms with Gasteiger partial charge in [0.15, 0.2) is 0 Å². The third-order valence-electron chi connectivity index (χ3n) is 6.26. The van der Waals surface area contributed by atoms with Crippen LogP contribution in [0.2, 0.25) is 0 Å². The molecule has 7 heteroatoms. The number of nitrogens with one attached hydrogen (secondary N) is 3. The summed E-state index contributed by atoms with van der Waals surface area (Å²) >= 11 is 0. The fourth-order valence-electron chi connectivity index (χ4n) is 4.90. The molecule has 3 fully saturated rings. The summed E-state index contributed by atoms with van der Waals surface area (Å²) in [6.07, 6.45) is 5.28. The van der Waals surface area contributed by atoms with Crippen LogP contribution in [-0.4, -0.2) is 60.3 Å². The highest BCUT2D eigenvalue weighted by atomic mass is 16.5. The van der Waals surface area contributed by atoms with Crippen molar-refractivity contribution >= 4 is 5.91 Å². The van der Waals surface area contributed by atoms with Gasteiger partial charge in [-0.15, -0.1) is 0 Å². The number of H-pyrrole nitrogens is 1. The Morgan fingerprint density at radius 3 is 3.12 bits per heavy atom. The second-order valence-corrected chi connectivity index (χ2v) is 7.85. The van der Waals surface area contributed by atoms with E-state index in [0.717, 1.165) is 37.6 Å². The van der Waals surface area contributed by atoms with Gasteiger partial charge in [0.2, 0.25) is 5.91 Å². The predicted octanol–water partition coefficient (Wildman–Crippen LogP) is 0.636. The quantitative estimate of drug-likeness (QED) is 0.703. The summed E-state index contributed by atoms with van der Waals surface area (Å²) in [5, 5.41) is 13.8. The van der Waals surface area contributed by atoms with Crippen molar-refractivity contribution in [2.24, 2.45) is 11.3 Å². The Labute approximate surface area is 148 Å². The normalized spacial score (nSPS) is 30.0. The van der Waals surface area contributed by atoms with Crippen molar-refractivity contribution in [1.82, 2.24) is 25.7 Å². The Hall–Kier alpha value is -1.44. The van der Waals surface area contributed by atoms with Gasteiger partial charge in [0.25, 0.3) is 0 Å². The maximum absolute atomic E-state index is 13.1. The molecule has 0 radical (unpaired) electrons. The van der Waals surface area contributed by atoms with Gasteiger partial charge in [-0.25, -0.2) is 0 Å². The van der Waals surface area contributed by atoms with Crippen LogP contribution in [0.5, 0.6) is 0 Å². The number of rotatable bonds is 6. The molecule has 0 spiro atoms. The number of aromatic nitrogens is 2. The lowest BCUT2D eigenvalue weighted by Crippen LogP contribution is -2.47. The Morgan fingerprint density at radius 1 is 1.48 bits per heavy atom. The summed E-state index contributed by atoms with van der Waals surface area (Å²) in [7, 11) is 1.65. The van der Waals surface area contributed by atoms with Crippen LogP contribution in [0.25, 0.3) is 0 Å². The molecule has 3 N–H and O–H groups in total. The van der Waals surface area contributed by atoms with Gasteiger partial charge in [-0.05, 0) is 18.9 Å². The van der Waals surface area contributed by atoms with Crippen LogP contribution < -0.4 is 10.6 Å². The largest absolute Gasteiger partial charge is 0.378 e. The van der Waals surface area contributed by atoms with Gasteiger partial charge in [0, 0.05) is 45.2 Å². The molecule has 1 aliphatic carbocycles. The molecule has 1 saturated carbocycles. The Kier molecular flexibility index (Phi) is 4.80. The number of methoxy groups -OCH3 is 1. The number of ether oxygens (including phenoxy) is 1. The van der Waals surface area contributed by atoms with Gasteiger partial charge in [0.1, 0.15) is 0 Å². The van der Waals surface area contributed by atoms with E-state index in [9.17, 15) is 4.79 Å². The second-order valence-electron chi connectivity index (χ2n) is 7.85. The molecule has 1 amide bonds. The molecule has 1 aromatic rings. The number of hydrogen-bond acceptors (Lipinski definition) is 5. The van der Waals surface area contributed by atoms with E-state index < -0.39 is 0 Å². The molecule has 2 atom stereocenters. The average Bonchev–Trinajstić information content (AvgIpc) is 3.35. The van der Waals surface area contributed by atoms with Crippen molar-refractivity contribution in [3.63, 3.8) is 0 Å². The Bertz CT molecular complexity index is 612. The SMILES string of the molecule is COCc1cc(CNC(=O)[C@@]23CNC[C@@H]2CN(C2CCCC2)C3)[nH]n1. The van der Waals surface area contributed by atoms with E-state index in [1.165, 1.54) is 25.7 Å². The Balaban J connectivity index is 1.39. The topological polar surface area (TPSA) is 82.3 Å². The molecule has 0 bridgehead atoms. The van der Waals surface area contributed by atoms with Gasteiger partial charge >= 0.3 is 0 Å². The van der Waals surface area contributed by atoms with Crippen LogP contribution in [0.4, 0.5) is 0 Å². The molecule has 7 nitrogen and oxygen atoms in total. The second kappa shape index (κ2) is 7.05. The minimum absolute atomic E-state index is 0.186. The first-order valence-electron chi connectivity index (χ1n) is 9.46. The van der Waals surface area contributed by atoms with Crippen molar-refractivity contribution in [1.29, 1.82) is 0 Å². The third-order valence-corrected chi connectivity index (χ3v) is 6.26. The number of carbonyl (C=O) groups is 1. The number of fused-ring (bicyclic) bond motifs is 1. The maximum Gasteiger partial charge on any atom is 0.229 e. The van der Waals surface area contributed by atoms with Crippen LogP contribution in [0, 0.1) is 11.3 Å². The summed E-state index contributed by atoms with van der Waals surface area (Å²) in [5.74, 6) is 0.616.